The summed E-state index contributed by atoms with van der Waals surface area (Å²) in [4.78, 5) is 0. The maximum atomic E-state index is 8.54. The van der Waals surface area contributed by atoms with Gasteiger partial charge in [0.05, 0.1) is 5.69 Å². The lowest BCUT2D eigenvalue weighted by Crippen LogP contribution is -2.23. The van der Waals surface area contributed by atoms with Crippen LogP contribution in [-0.4, -0.2) is 12.3 Å². The molecule has 0 atom stereocenters. The van der Waals surface area contributed by atoms with E-state index in [1.807, 2.05) is 18.2 Å². The molecule has 0 spiro atoms. The molecule has 0 fully saturated rings. The van der Waals surface area contributed by atoms with E-state index >= 15 is 0 Å². The lowest BCUT2D eigenvalue weighted by atomic mass is 10.0. The molecule has 0 bridgehead atoms. The van der Waals surface area contributed by atoms with Crippen molar-refractivity contribution in [2.24, 2.45) is 5.10 Å². The van der Waals surface area contributed by atoms with Crippen molar-refractivity contribution in [2.45, 2.75) is 13.0 Å². The van der Waals surface area contributed by atoms with Gasteiger partial charge in [-0.1, -0.05) is 6.07 Å². The van der Waals surface area contributed by atoms with Crippen molar-refractivity contribution in [2.75, 3.05) is 12.0 Å². The van der Waals surface area contributed by atoms with Crippen molar-refractivity contribution in [3.63, 3.8) is 0 Å². The lowest BCUT2D eigenvalue weighted by Gasteiger charge is -2.17. The van der Waals surface area contributed by atoms with E-state index in [0.717, 1.165) is 25.2 Å². The summed E-state index contributed by atoms with van der Waals surface area (Å²) in [5.74, 6) is 0. The summed E-state index contributed by atoms with van der Waals surface area (Å²) in [6.45, 7) is 1.86. The van der Waals surface area contributed by atoms with Gasteiger partial charge >= 0.3 is 0 Å². The molecule has 17 heavy (non-hydrogen) atoms. The highest BCUT2D eigenvalue weighted by molar-refractivity contribution is 6.10. The van der Waals surface area contributed by atoms with Crippen molar-refractivity contribution < 1.29 is 0 Å². The fraction of sp³-hybridized carbons (Fsp3) is 0.250. The van der Waals surface area contributed by atoms with Crippen LogP contribution >= 0.6 is 0 Å². The van der Waals surface area contributed by atoms with E-state index in [1.165, 1.54) is 11.1 Å². The maximum absolute atomic E-state index is 8.54. The molecule has 2 N–H and O–H groups in total. The molecular weight excluding hydrogens is 214 g/mol. The monoisotopic (exact) mass is 225 g/mol. The van der Waals surface area contributed by atoms with Crippen molar-refractivity contribution in [1.29, 1.82) is 10.5 Å². The Morgan fingerprint density at radius 2 is 2.12 bits per heavy atom. The highest BCUT2D eigenvalue weighted by atomic mass is 15.3. The average molecular weight is 225 g/mol. The minimum atomic E-state index is -0.176. The molecule has 0 unspecified atom stereocenters. The number of hydrogen-bond donors (Lipinski definition) is 2. The van der Waals surface area contributed by atoms with E-state index in [1.54, 1.807) is 12.1 Å². The summed E-state index contributed by atoms with van der Waals surface area (Å²) in [6.07, 6.45) is 0.984. The van der Waals surface area contributed by atoms with E-state index in [-0.39, 0.29) is 5.71 Å². The quantitative estimate of drug-likeness (QED) is 0.584. The van der Waals surface area contributed by atoms with E-state index < -0.39 is 0 Å². The molecular formula is C12H11N5. The van der Waals surface area contributed by atoms with Gasteiger partial charge in [-0.05, 0) is 36.2 Å². The topological polar surface area (TPSA) is 84.0 Å². The van der Waals surface area contributed by atoms with Crippen LogP contribution in [0.25, 0.3) is 0 Å². The smallest absolute Gasteiger partial charge is 0.237 e. The van der Waals surface area contributed by atoms with Crippen LogP contribution in [0, 0.1) is 22.7 Å². The van der Waals surface area contributed by atoms with Crippen LogP contribution in [0.2, 0.25) is 0 Å². The Bertz CT molecular complexity index is 517. The van der Waals surface area contributed by atoms with Crippen LogP contribution in [0.15, 0.2) is 23.3 Å². The Kier molecular flexibility index (Phi) is 3.34. The number of nitrogens with one attached hydrogen (secondary N) is 2. The second kappa shape index (κ2) is 5.11. The number of fused-ring (bicyclic) bond motifs is 1. The lowest BCUT2D eigenvalue weighted by molar-refractivity contribution is 0.644. The molecule has 0 saturated heterocycles. The minimum absolute atomic E-state index is 0.176. The molecule has 5 nitrogen and oxygen atoms in total. The molecule has 1 aromatic carbocycles. The molecule has 5 heteroatoms. The Hall–Kier alpha value is -2.37. The number of hydrazone groups is 1. The molecule has 0 amide bonds. The SMILES string of the molecule is N#CC(C#N)=NNc1ccc2c(c1)CCNC2. The molecule has 2 rings (SSSR count). The number of nitrogens with zero attached hydrogens (tertiary/aromatic N) is 3. The van der Waals surface area contributed by atoms with Gasteiger partial charge in [-0.25, -0.2) is 0 Å². The van der Waals surface area contributed by atoms with Gasteiger partial charge in [-0.3, -0.25) is 5.43 Å². The highest BCUT2D eigenvalue weighted by Gasteiger charge is 2.08. The van der Waals surface area contributed by atoms with Crippen molar-refractivity contribution in [3.8, 4) is 12.1 Å². The third-order valence-corrected chi connectivity index (χ3v) is 2.60. The van der Waals surface area contributed by atoms with Gasteiger partial charge in [-0.15, -0.1) is 0 Å². The summed E-state index contributed by atoms with van der Waals surface area (Å²) < 4.78 is 0. The molecule has 1 aromatic rings. The van der Waals surface area contributed by atoms with Crippen molar-refractivity contribution in [3.05, 3.63) is 29.3 Å². The van der Waals surface area contributed by atoms with Gasteiger partial charge in [-0.2, -0.15) is 15.6 Å². The molecule has 1 aliphatic heterocycles. The largest absolute Gasteiger partial charge is 0.312 e. The third kappa shape index (κ3) is 2.60. The predicted octanol–water partition coefficient (Wildman–Crippen LogP) is 1.15. The van der Waals surface area contributed by atoms with Crippen LogP contribution in [0.4, 0.5) is 5.69 Å². The van der Waals surface area contributed by atoms with Gasteiger partial charge in [0.1, 0.15) is 12.1 Å². The molecule has 0 radical (unpaired) electrons. The Morgan fingerprint density at radius 1 is 1.29 bits per heavy atom. The van der Waals surface area contributed by atoms with Crippen molar-refractivity contribution in [1.82, 2.24) is 5.32 Å². The highest BCUT2D eigenvalue weighted by Crippen LogP contribution is 2.18. The minimum Gasteiger partial charge on any atom is -0.312 e. The molecule has 1 aliphatic rings. The summed E-state index contributed by atoms with van der Waals surface area (Å²) >= 11 is 0. The zero-order valence-electron chi connectivity index (χ0n) is 9.20. The number of rotatable bonds is 2. The van der Waals surface area contributed by atoms with E-state index in [0.29, 0.717) is 0 Å². The van der Waals surface area contributed by atoms with Crippen molar-refractivity contribution >= 4 is 11.4 Å². The Morgan fingerprint density at radius 3 is 2.88 bits per heavy atom. The normalized spacial score (nSPS) is 12.8. The van der Waals surface area contributed by atoms with Crippen LogP contribution in [0.3, 0.4) is 0 Å². The number of hydrogen-bond acceptors (Lipinski definition) is 5. The summed E-state index contributed by atoms with van der Waals surface area (Å²) in [6, 6.07) is 9.32. The maximum Gasteiger partial charge on any atom is 0.237 e. The molecule has 1 heterocycles. The van der Waals surface area contributed by atoms with Gasteiger partial charge in [0.15, 0.2) is 0 Å². The molecule has 0 aliphatic carbocycles. The molecule has 0 aromatic heterocycles. The Labute approximate surface area is 99.4 Å². The Balaban J connectivity index is 2.16. The molecule has 0 saturated carbocycles. The molecule has 84 valence electrons. The van der Waals surface area contributed by atoms with Gasteiger partial charge in [0.25, 0.3) is 0 Å². The number of nitriles is 2. The first kappa shape index (κ1) is 11.1. The first-order chi connectivity index (χ1) is 8.33. The van der Waals surface area contributed by atoms with E-state index in [4.69, 9.17) is 10.5 Å². The summed E-state index contributed by atoms with van der Waals surface area (Å²) in [5, 5.41) is 24.1. The summed E-state index contributed by atoms with van der Waals surface area (Å²) in [5.41, 5.74) is 5.90. The summed E-state index contributed by atoms with van der Waals surface area (Å²) in [7, 11) is 0. The van der Waals surface area contributed by atoms with E-state index in [2.05, 4.69) is 15.8 Å². The van der Waals surface area contributed by atoms with E-state index in [9.17, 15) is 0 Å². The standard InChI is InChI=1S/C12H11N5/c13-6-12(7-14)17-16-11-2-1-10-8-15-4-3-9(10)5-11/h1-2,5,15-16H,3-4,8H2. The van der Waals surface area contributed by atoms with Crippen LogP contribution in [0.1, 0.15) is 11.1 Å². The van der Waals surface area contributed by atoms with Gasteiger partial charge in [0, 0.05) is 6.54 Å². The van der Waals surface area contributed by atoms with Crippen LogP contribution in [-0.2, 0) is 13.0 Å². The van der Waals surface area contributed by atoms with Gasteiger partial charge < -0.3 is 5.32 Å². The zero-order valence-corrected chi connectivity index (χ0v) is 9.20. The number of anilines is 1. The fourth-order valence-corrected chi connectivity index (χ4v) is 1.74. The average Bonchev–Trinajstić information content (AvgIpc) is 2.40. The second-order valence-corrected chi connectivity index (χ2v) is 3.71. The van der Waals surface area contributed by atoms with Gasteiger partial charge in [0.2, 0.25) is 5.71 Å². The second-order valence-electron chi connectivity index (χ2n) is 3.71. The number of benzene rings is 1. The van der Waals surface area contributed by atoms with Crippen LogP contribution < -0.4 is 10.7 Å². The van der Waals surface area contributed by atoms with Crippen LogP contribution in [0.5, 0.6) is 0 Å². The fourth-order valence-electron chi connectivity index (χ4n) is 1.74. The first-order valence-electron chi connectivity index (χ1n) is 5.30. The third-order valence-electron chi connectivity index (χ3n) is 2.60. The predicted molar refractivity (Wildman–Crippen MR) is 64.1 cm³/mol. The zero-order chi connectivity index (χ0) is 12.1. The first-order valence-corrected chi connectivity index (χ1v) is 5.30.